The number of hydrogen-bond acceptors (Lipinski definition) is 1. The highest BCUT2D eigenvalue weighted by Gasteiger charge is 2.04. The summed E-state index contributed by atoms with van der Waals surface area (Å²) in [6.07, 6.45) is 4.09. The van der Waals surface area contributed by atoms with Crippen LogP contribution in [0.1, 0.15) is 38.7 Å². The molecular formula is C14H21BrFN. The summed E-state index contributed by atoms with van der Waals surface area (Å²) in [5, 5.41) is 3.44. The van der Waals surface area contributed by atoms with Crippen LogP contribution < -0.4 is 5.32 Å². The molecule has 0 saturated heterocycles. The zero-order valence-electron chi connectivity index (χ0n) is 10.6. The molecule has 0 aliphatic carbocycles. The fourth-order valence-corrected chi connectivity index (χ4v) is 2.15. The standard InChI is InChI=1S/C14H21BrFN/c1-3-9-17-11(2)5-4-6-12-7-8-13(15)10-14(12)16/h7-8,10-11,17H,3-6,9H2,1-2H3. The monoisotopic (exact) mass is 301 g/mol. The lowest BCUT2D eigenvalue weighted by atomic mass is 10.0. The molecule has 1 unspecified atom stereocenters. The summed E-state index contributed by atoms with van der Waals surface area (Å²) in [7, 11) is 0. The number of aryl methyl sites for hydroxylation is 1. The average molecular weight is 302 g/mol. The summed E-state index contributed by atoms with van der Waals surface area (Å²) in [4.78, 5) is 0. The Balaban J connectivity index is 2.30. The van der Waals surface area contributed by atoms with E-state index in [-0.39, 0.29) is 5.82 Å². The Morgan fingerprint density at radius 2 is 2.18 bits per heavy atom. The van der Waals surface area contributed by atoms with Crippen LogP contribution in [0.15, 0.2) is 22.7 Å². The van der Waals surface area contributed by atoms with Crippen LogP contribution in [0.25, 0.3) is 0 Å². The molecule has 1 N–H and O–H groups in total. The summed E-state index contributed by atoms with van der Waals surface area (Å²) in [5.41, 5.74) is 0.816. The molecule has 0 radical (unpaired) electrons. The second kappa shape index (κ2) is 7.83. The van der Waals surface area contributed by atoms with Gasteiger partial charge < -0.3 is 5.32 Å². The van der Waals surface area contributed by atoms with E-state index in [1.165, 1.54) is 6.07 Å². The molecule has 1 rings (SSSR count). The molecule has 17 heavy (non-hydrogen) atoms. The van der Waals surface area contributed by atoms with Crippen molar-refractivity contribution in [1.82, 2.24) is 5.32 Å². The van der Waals surface area contributed by atoms with Gasteiger partial charge in [-0.1, -0.05) is 28.9 Å². The van der Waals surface area contributed by atoms with Crippen LogP contribution in [-0.2, 0) is 6.42 Å². The molecule has 1 nitrogen and oxygen atoms in total. The van der Waals surface area contributed by atoms with Gasteiger partial charge in [-0.3, -0.25) is 0 Å². The van der Waals surface area contributed by atoms with Crippen LogP contribution in [0.4, 0.5) is 4.39 Å². The van der Waals surface area contributed by atoms with Crippen LogP contribution in [0.2, 0.25) is 0 Å². The molecule has 0 spiro atoms. The second-order valence-corrected chi connectivity index (χ2v) is 5.40. The van der Waals surface area contributed by atoms with E-state index in [0.717, 1.165) is 42.3 Å². The minimum atomic E-state index is -0.103. The number of benzene rings is 1. The first kappa shape index (κ1) is 14.7. The molecule has 96 valence electrons. The Kier molecular flexibility index (Phi) is 6.75. The Morgan fingerprint density at radius 3 is 2.82 bits per heavy atom. The minimum absolute atomic E-state index is 0.103. The maximum atomic E-state index is 13.5. The summed E-state index contributed by atoms with van der Waals surface area (Å²) in [5.74, 6) is -0.103. The normalized spacial score (nSPS) is 12.7. The van der Waals surface area contributed by atoms with Gasteiger partial charge in [0.25, 0.3) is 0 Å². The lowest BCUT2D eigenvalue weighted by Gasteiger charge is -2.12. The Labute approximate surface area is 112 Å². The number of halogens is 2. The molecule has 0 amide bonds. The third-order valence-corrected chi connectivity index (χ3v) is 3.33. The first-order chi connectivity index (χ1) is 8.13. The molecule has 3 heteroatoms. The summed E-state index contributed by atoms with van der Waals surface area (Å²) in [6.45, 7) is 5.42. The van der Waals surface area contributed by atoms with Gasteiger partial charge >= 0.3 is 0 Å². The molecule has 0 aliphatic rings. The van der Waals surface area contributed by atoms with Crippen molar-refractivity contribution in [1.29, 1.82) is 0 Å². The quantitative estimate of drug-likeness (QED) is 0.792. The van der Waals surface area contributed by atoms with Gasteiger partial charge in [-0.05, 0) is 56.8 Å². The van der Waals surface area contributed by atoms with E-state index in [2.05, 4.69) is 35.1 Å². The van der Waals surface area contributed by atoms with E-state index >= 15 is 0 Å². The average Bonchev–Trinajstić information content (AvgIpc) is 2.29. The number of nitrogens with one attached hydrogen (secondary N) is 1. The van der Waals surface area contributed by atoms with Crippen LogP contribution in [0.5, 0.6) is 0 Å². The summed E-state index contributed by atoms with van der Waals surface area (Å²) < 4.78 is 14.3. The fourth-order valence-electron chi connectivity index (χ4n) is 1.82. The van der Waals surface area contributed by atoms with Crippen LogP contribution in [0.3, 0.4) is 0 Å². The fraction of sp³-hybridized carbons (Fsp3) is 0.571. The van der Waals surface area contributed by atoms with Crippen molar-refractivity contribution in [2.45, 2.75) is 45.6 Å². The maximum Gasteiger partial charge on any atom is 0.127 e. The van der Waals surface area contributed by atoms with E-state index in [1.807, 2.05) is 12.1 Å². The molecule has 1 aromatic carbocycles. The third kappa shape index (κ3) is 5.64. The first-order valence-electron chi connectivity index (χ1n) is 6.30. The van der Waals surface area contributed by atoms with Crippen LogP contribution in [-0.4, -0.2) is 12.6 Å². The van der Waals surface area contributed by atoms with Gasteiger partial charge in [0.2, 0.25) is 0 Å². The molecular weight excluding hydrogens is 281 g/mol. The van der Waals surface area contributed by atoms with Gasteiger partial charge in [0.05, 0.1) is 0 Å². The highest BCUT2D eigenvalue weighted by atomic mass is 79.9. The van der Waals surface area contributed by atoms with E-state index in [0.29, 0.717) is 6.04 Å². The highest BCUT2D eigenvalue weighted by Crippen LogP contribution is 2.17. The van der Waals surface area contributed by atoms with Crippen molar-refractivity contribution in [2.24, 2.45) is 0 Å². The van der Waals surface area contributed by atoms with Crippen molar-refractivity contribution < 1.29 is 4.39 Å². The Bertz CT molecular complexity index is 341. The predicted octanol–water partition coefficient (Wildman–Crippen LogP) is 4.30. The molecule has 1 atom stereocenters. The predicted molar refractivity (Wildman–Crippen MR) is 74.8 cm³/mol. The Hall–Kier alpha value is -0.410. The van der Waals surface area contributed by atoms with Crippen molar-refractivity contribution in [3.8, 4) is 0 Å². The molecule has 0 bridgehead atoms. The second-order valence-electron chi connectivity index (χ2n) is 4.48. The van der Waals surface area contributed by atoms with E-state index < -0.39 is 0 Å². The van der Waals surface area contributed by atoms with Gasteiger partial charge in [0.15, 0.2) is 0 Å². The SMILES string of the molecule is CCCNC(C)CCCc1ccc(Br)cc1F. The summed E-state index contributed by atoms with van der Waals surface area (Å²) in [6, 6.07) is 5.82. The van der Waals surface area contributed by atoms with Crippen LogP contribution >= 0.6 is 15.9 Å². The van der Waals surface area contributed by atoms with Gasteiger partial charge in [-0.25, -0.2) is 4.39 Å². The molecule has 1 aromatic rings. The van der Waals surface area contributed by atoms with E-state index in [1.54, 1.807) is 0 Å². The molecule has 0 fully saturated rings. The minimum Gasteiger partial charge on any atom is -0.314 e. The topological polar surface area (TPSA) is 12.0 Å². The lowest BCUT2D eigenvalue weighted by Crippen LogP contribution is -2.26. The van der Waals surface area contributed by atoms with Gasteiger partial charge in [-0.15, -0.1) is 0 Å². The molecule has 0 aromatic heterocycles. The molecule has 0 saturated carbocycles. The van der Waals surface area contributed by atoms with Gasteiger partial charge in [0.1, 0.15) is 5.82 Å². The molecule has 0 aliphatic heterocycles. The van der Waals surface area contributed by atoms with Crippen LogP contribution in [0, 0.1) is 5.82 Å². The van der Waals surface area contributed by atoms with E-state index in [4.69, 9.17) is 0 Å². The van der Waals surface area contributed by atoms with Gasteiger partial charge in [0, 0.05) is 10.5 Å². The van der Waals surface area contributed by atoms with Crippen molar-refractivity contribution in [3.63, 3.8) is 0 Å². The highest BCUT2D eigenvalue weighted by molar-refractivity contribution is 9.10. The van der Waals surface area contributed by atoms with Crippen molar-refractivity contribution in [3.05, 3.63) is 34.1 Å². The number of hydrogen-bond donors (Lipinski definition) is 1. The first-order valence-corrected chi connectivity index (χ1v) is 7.10. The largest absolute Gasteiger partial charge is 0.314 e. The molecule has 0 heterocycles. The zero-order valence-corrected chi connectivity index (χ0v) is 12.2. The maximum absolute atomic E-state index is 13.5. The Morgan fingerprint density at radius 1 is 1.41 bits per heavy atom. The van der Waals surface area contributed by atoms with Crippen molar-refractivity contribution >= 4 is 15.9 Å². The lowest BCUT2D eigenvalue weighted by molar-refractivity contribution is 0.494. The third-order valence-electron chi connectivity index (χ3n) is 2.84. The van der Waals surface area contributed by atoms with Crippen molar-refractivity contribution in [2.75, 3.05) is 6.54 Å². The summed E-state index contributed by atoms with van der Waals surface area (Å²) >= 11 is 3.27. The smallest absolute Gasteiger partial charge is 0.127 e. The van der Waals surface area contributed by atoms with E-state index in [9.17, 15) is 4.39 Å². The van der Waals surface area contributed by atoms with Gasteiger partial charge in [-0.2, -0.15) is 0 Å². The zero-order chi connectivity index (χ0) is 12.7. The number of rotatable bonds is 7.